The lowest BCUT2D eigenvalue weighted by Crippen LogP contribution is -2.53. The van der Waals surface area contributed by atoms with Crippen molar-refractivity contribution in [2.24, 2.45) is 17.8 Å². The minimum Gasteiger partial charge on any atom is -0.487 e. The van der Waals surface area contributed by atoms with Crippen molar-refractivity contribution in [3.05, 3.63) is 70.3 Å². The quantitative estimate of drug-likeness (QED) is 0.369. The van der Waals surface area contributed by atoms with Crippen LogP contribution in [-0.4, -0.2) is 108 Å². The van der Waals surface area contributed by atoms with Crippen LogP contribution < -0.4 is 14.4 Å². The summed E-state index contributed by atoms with van der Waals surface area (Å²) in [7, 11) is -0.463. The van der Waals surface area contributed by atoms with Gasteiger partial charge in [-0.2, -0.15) is 0 Å². The van der Waals surface area contributed by atoms with Crippen molar-refractivity contribution < 1.29 is 32.2 Å². The van der Waals surface area contributed by atoms with Crippen LogP contribution in [0.4, 0.5) is 5.69 Å². The van der Waals surface area contributed by atoms with Gasteiger partial charge in [-0.3, -0.25) is 14.5 Å². The molecule has 296 valence electrons. The summed E-state index contributed by atoms with van der Waals surface area (Å²) in [5, 5.41) is -0.161. The zero-order chi connectivity index (χ0) is 38.5. The van der Waals surface area contributed by atoms with Gasteiger partial charge in [0.25, 0.3) is 5.91 Å². The van der Waals surface area contributed by atoms with Crippen molar-refractivity contribution in [2.75, 3.05) is 71.5 Å². The van der Waals surface area contributed by atoms with Crippen LogP contribution in [0.3, 0.4) is 0 Å². The van der Waals surface area contributed by atoms with Crippen molar-refractivity contribution in [3.8, 4) is 5.75 Å². The third kappa shape index (κ3) is 9.44. The lowest BCUT2D eigenvalue weighted by molar-refractivity contribution is -0.141. The number of carbonyl (C=O) groups is 2. The van der Waals surface area contributed by atoms with Gasteiger partial charge in [-0.1, -0.05) is 36.7 Å². The fourth-order valence-electron chi connectivity index (χ4n) is 8.27. The number of amides is 2. The number of likely N-dealkylation sites (N-methyl/N-ethyl adjacent to an activating group) is 1. The van der Waals surface area contributed by atoms with Crippen molar-refractivity contribution in [3.63, 3.8) is 0 Å². The molecule has 3 heterocycles. The number of sulfonamides is 1. The van der Waals surface area contributed by atoms with E-state index in [1.165, 1.54) is 0 Å². The second-order valence-corrected chi connectivity index (χ2v) is 18.1. The normalized spacial score (nSPS) is 28.5. The average molecular weight is 785 g/mol. The number of ether oxygens (including phenoxy) is 3. The predicted molar refractivity (Wildman–Crippen MR) is 212 cm³/mol. The number of hydrogen-bond acceptors (Lipinski definition) is 9. The number of halogens is 1. The van der Waals surface area contributed by atoms with Gasteiger partial charge in [0.15, 0.2) is 0 Å². The summed E-state index contributed by atoms with van der Waals surface area (Å²) >= 11 is 6.39. The van der Waals surface area contributed by atoms with Gasteiger partial charge in [-0.05, 0) is 105 Å². The van der Waals surface area contributed by atoms with E-state index < -0.39 is 26.8 Å². The Morgan fingerprint density at radius 2 is 1.87 bits per heavy atom. The van der Waals surface area contributed by atoms with E-state index in [4.69, 9.17) is 25.8 Å². The van der Waals surface area contributed by atoms with Gasteiger partial charge in [0.2, 0.25) is 15.9 Å². The van der Waals surface area contributed by atoms with Crippen LogP contribution in [0.1, 0.15) is 73.9 Å². The van der Waals surface area contributed by atoms with E-state index in [-0.39, 0.29) is 35.6 Å². The fraction of sp³-hybridized carbons (Fsp3) is 0.610. The molecule has 2 aromatic rings. The molecule has 1 aliphatic carbocycles. The summed E-state index contributed by atoms with van der Waals surface area (Å²) in [6.45, 7) is 9.72. The van der Waals surface area contributed by atoms with E-state index in [2.05, 4.69) is 14.5 Å². The molecule has 0 aromatic heterocycles. The number of rotatable bonds is 6. The number of carbonyl (C=O) groups excluding carboxylic acids is 2. The molecule has 0 unspecified atom stereocenters. The van der Waals surface area contributed by atoms with Crippen molar-refractivity contribution in [2.45, 2.75) is 76.3 Å². The number of allylic oxidation sites excluding steroid dienone is 1. The van der Waals surface area contributed by atoms with Gasteiger partial charge in [-0.15, -0.1) is 0 Å². The highest BCUT2D eigenvalue weighted by Gasteiger charge is 2.49. The maximum absolute atomic E-state index is 14.0. The summed E-state index contributed by atoms with van der Waals surface area (Å²) in [6.07, 6.45) is 9.16. The molecule has 0 radical (unpaired) electrons. The Morgan fingerprint density at radius 1 is 1.07 bits per heavy atom. The Labute approximate surface area is 326 Å². The Bertz CT molecular complexity index is 1780. The van der Waals surface area contributed by atoms with Gasteiger partial charge < -0.3 is 24.0 Å². The molecule has 11 nitrogen and oxygen atoms in total. The lowest BCUT2D eigenvalue weighted by atomic mass is 9.63. The first-order chi connectivity index (χ1) is 25.9. The maximum Gasteiger partial charge on any atom is 0.264 e. The summed E-state index contributed by atoms with van der Waals surface area (Å²) in [5.41, 5.74) is 2.33. The number of morpholine rings is 1. The van der Waals surface area contributed by atoms with Crippen LogP contribution in [0.15, 0.2) is 48.6 Å². The Hall–Kier alpha value is -3.16. The second kappa shape index (κ2) is 17.7. The number of aryl methyl sites for hydroxylation is 1. The topological polar surface area (TPSA) is 118 Å². The van der Waals surface area contributed by atoms with Gasteiger partial charge >= 0.3 is 0 Å². The average Bonchev–Trinajstić information content (AvgIpc) is 3.17. The second-order valence-electron chi connectivity index (χ2n) is 15.6. The molecule has 2 fully saturated rings. The molecule has 1 saturated heterocycles. The van der Waals surface area contributed by atoms with Gasteiger partial charge in [-0.25, -0.2) is 13.1 Å². The molecule has 1 saturated carbocycles. The smallest absolute Gasteiger partial charge is 0.264 e. The molecule has 5 atom stereocenters. The summed E-state index contributed by atoms with van der Waals surface area (Å²) in [6, 6.07) is 11.1. The van der Waals surface area contributed by atoms with Crippen LogP contribution in [0.2, 0.25) is 5.02 Å². The summed E-state index contributed by atoms with van der Waals surface area (Å²) in [5.74, 6) is -0.111. The monoisotopic (exact) mass is 784 g/mol. The number of benzene rings is 2. The zero-order valence-corrected chi connectivity index (χ0v) is 33.8. The number of methoxy groups -OCH3 is 1. The predicted octanol–water partition coefficient (Wildman–Crippen LogP) is 5.70. The molecule has 3 aliphatic heterocycles. The third-order valence-corrected chi connectivity index (χ3v) is 14.4. The van der Waals surface area contributed by atoms with Crippen molar-refractivity contribution in [1.82, 2.24) is 14.5 Å². The van der Waals surface area contributed by atoms with Crippen LogP contribution >= 0.6 is 11.6 Å². The highest BCUT2D eigenvalue weighted by atomic mass is 35.5. The molecule has 2 bridgehead atoms. The standard InChI is InChI=1S/C41H57ClN4O7S/c1-29-8-7-16-41(51-4,26-39(47)44(3)18-19-45-20-22-52-23-21-45)36-14-11-33(36)27-46-17-6-5-9-31-24-35(42)13-10-34(31)28-53-38-15-12-32(25-37(38)46)40(48)43-54(49,50)30(29)2/h7,10,12-13,15-16,24-25,29-30,33,36H,5-6,8-9,11,14,17-23,26-28H2,1-4H3,(H,43,48)/b16-7+/t29-,30+,33-,36+,41+/m0/s1. The SMILES string of the molecule is CO[C@@]1(CC(=O)N(C)CCN2CCOCC2)/C=C/C[C@H](C)[C@@H](C)S(=O)(=O)NC(=O)c2ccc3c(c2)N(CCCCc2cc(Cl)ccc2CO3)C[C@@H]2CC[C@H]21. The number of fused-ring (bicyclic) bond motifs is 3. The van der Waals surface area contributed by atoms with Crippen LogP contribution in [0, 0.1) is 17.8 Å². The molecule has 0 spiro atoms. The van der Waals surface area contributed by atoms with Crippen LogP contribution in [-0.2, 0) is 37.3 Å². The van der Waals surface area contributed by atoms with E-state index in [1.54, 1.807) is 32.2 Å². The van der Waals surface area contributed by atoms with E-state index >= 15 is 0 Å². The minimum atomic E-state index is -4.02. The Morgan fingerprint density at radius 3 is 2.61 bits per heavy atom. The van der Waals surface area contributed by atoms with Crippen LogP contribution in [0.5, 0.6) is 5.75 Å². The molecular formula is C41H57ClN4O7S. The highest BCUT2D eigenvalue weighted by molar-refractivity contribution is 7.90. The third-order valence-electron chi connectivity index (χ3n) is 12.3. The van der Waals surface area contributed by atoms with Gasteiger partial charge in [0.1, 0.15) is 12.4 Å². The van der Waals surface area contributed by atoms with E-state index in [1.807, 2.05) is 49.2 Å². The molecule has 4 aliphatic rings. The lowest BCUT2D eigenvalue weighted by Gasteiger charge is -2.50. The van der Waals surface area contributed by atoms with Gasteiger partial charge in [0.05, 0.1) is 36.2 Å². The van der Waals surface area contributed by atoms with Crippen LogP contribution in [0.25, 0.3) is 0 Å². The zero-order valence-electron chi connectivity index (χ0n) is 32.2. The Balaban J connectivity index is 1.34. The number of nitrogens with one attached hydrogen (secondary N) is 1. The summed E-state index contributed by atoms with van der Waals surface area (Å²) < 4.78 is 48.0. The minimum absolute atomic E-state index is 0.0137. The molecule has 2 amide bonds. The molecule has 1 N–H and O–H groups in total. The summed E-state index contributed by atoms with van der Waals surface area (Å²) in [4.78, 5) is 34.0. The van der Waals surface area contributed by atoms with Gasteiger partial charge in [0, 0.05) is 64.0 Å². The number of hydrogen-bond donors (Lipinski definition) is 1. The number of anilines is 1. The Kier molecular flexibility index (Phi) is 13.3. The largest absolute Gasteiger partial charge is 0.487 e. The molecular weight excluding hydrogens is 728 g/mol. The van der Waals surface area contributed by atoms with Crippen molar-refractivity contribution in [1.29, 1.82) is 0 Å². The molecule has 6 rings (SSSR count). The molecule has 13 heteroatoms. The first kappa shape index (κ1) is 40.5. The molecule has 2 aromatic carbocycles. The maximum atomic E-state index is 14.0. The number of nitrogens with zero attached hydrogens (tertiary/aromatic N) is 3. The van der Waals surface area contributed by atoms with E-state index in [9.17, 15) is 18.0 Å². The van der Waals surface area contributed by atoms with E-state index in [0.717, 1.165) is 68.6 Å². The first-order valence-corrected chi connectivity index (χ1v) is 21.4. The molecule has 54 heavy (non-hydrogen) atoms. The van der Waals surface area contributed by atoms with E-state index in [0.29, 0.717) is 56.6 Å². The van der Waals surface area contributed by atoms with Crippen molar-refractivity contribution >= 4 is 39.1 Å². The fourth-order valence-corrected chi connectivity index (χ4v) is 9.75. The highest BCUT2D eigenvalue weighted by Crippen LogP contribution is 2.48. The first-order valence-electron chi connectivity index (χ1n) is 19.5.